The summed E-state index contributed by atoms with van der Waals surface area (Å²) in [7, 11) is 0. The molecule has 0 atom stereocenters. The van der Waals surface area contributed by atoms with Crippen molar-refractivity contribution in [1.82, 2.24) is 19.7 Å². The summed E-state index contributed by atoms with van der Waals surface area (Å²) in [4.78, 5) is 20.9. The lowest BCUT2D eigenvalue weighted by atomic mass is 9.96. The zero-order valence-corrected chi connectivity index (χ0v) is 18.6. The van der Waals surface area contributed by atoms with Gasteiger partial charge in [0.25, 0.3) is 5.56 Å². The summed E-state index contributed by atoms with van der Waals surface area (Å²) < 4.78 is 1.92. The molecule has 0 aliphatic carbocycles. The monoisotopic (exact) mass is 436 g/mol. The highest BCUT2D eigenvalue weighted by molar-refractivity contribution is 5.98. The average molecular weight is 437 g/mol. The summed E-state index contributed by atoms with van der Waals surface area (Å²) in [6.45, 7) is 3.70. The Kier molecular flexibility index (Phi) is 5.59. The molecule has 3 heterocycles. The van der Waals surface area contributed by atoms with Crippen molar-refractivity contribution in [1.29, 1.82) is 0 Å². The van der Waals surface area contributed by atoms with Crippen LogP contribution in [0, 0.1) is 0 Å². The van der Waals surface area contributed by atoms with E-state index in [9.17, 15) is 4.79 Å². The Morgan fingerprint density at radius 3 is 2.48 bits per heavy atom. The number of hydrogen-bond acceptors (Lipinski definition) is 3. The van der Waals surface area contributed by atoms with E-state index in [2.05, 4.69) is 47.0 Å². The zero-order chi connectivity index (χ0) is 22.8. The normalized spacial score (nSPS) is 11.2. The molecule has 6 heteroatoms. The predicted octanol–water partition coefficient (Wildman–Crippen LogP) is 4.27. The first-order chi connectivity index (χ1) is 16.2. The second kappa shape index (κ2) is 8.84. The molecule has 33 heavy (non-hydrogen) atoms. The maximum absolute atomic E-state index is 12.9. The van der Waals surface area contributed by atoms with Gasteiger partial charge in [-0.1, -0.05) is 61.5 Å². The number of H-pyrrole nitrogens is 1. The van der Waals surface area contributed by atoms with E-state index in [1.54, 1.807) is 6.20 Å². The number of benzene rings is 2. The first-order valence-corrected chi connectivity index (χ1v) is 11.2. The molecule has 0 saturated carbocycles. The third-order valence-corrected chi connectivity index (χ3v) is 5.87. The highest BCUT2D eigenvalue weighted by Crippen LogP contribution is 2.35. The molecule has 5 rings (SSSR count). The van der Waals surface area contributed by atoms with Crippen LogP contribution in [0.5, 0.6) is 0 Å². The number of aromatic amines is 1. The third-order valence-electron chi connectivity index (χ3n) is 5.87. The van der Waals surface area contributed by atoms with Crippen LogP contribution in [-0.2, 0) is 13.1 Å². The largest absolute Gasteiger partial charge is 0.354 e. The molecule has 0 aliphatic rings. The van der Waals surface area contributed by atoms with E-state index >= 15 is 0 Å². The second-order valence-electron chi connectivity index (χ2n) is 8.12. The van der Waals surface area contributed by atoms with Crippen LogP contribution in [0.15, 0.2) is 84.0 Å². The number of pyridine rings is 2. The Morgan fingerprint density at radius 1 is 0.970 bits per heavy atom. The van der Waals surface area contributed by atoms with E-state index < -0.39 is 0 Å². The van der Waals surface area contributed by atoms with Crippen LogP contribution in [0.4, 0.5) is 0 Å². The Balaban J connectivity index is 1.79. The number of fused-ring (bicyclic) bond motifs is 1. The lowest BCUT2D eigenvalue weighted by Crippen LogP contribution is -2.47. The first-order valence-electron chi connectivity index (χ1n) is 11.2. The van der Waals surface area contributed by atoms with Gasteiger partial charge >= 0.3 is 0 Å². The summed E-state index contributed by atoms with van der Waals surface area (Å²) in [5, 5.41) is 5.03. The Bertz CT molecular complexity index is 1470. The highest BCUT2D eigenvalue weighted by atomic mass is 16.1. The number of quaternary nitrogens is 1. The van der Waals surface area contributed by atoms with Crippen molar-refractivity contribution in [2.75, 3.05) is 0 Å². The summed E-state index contributed by atoms with van der Waals surface area (Å²) in [5.74, 6) is 0. The lowest BCUT2D eigenvalue weighted by molar-refractivity contribution is -0.386. The van der Waals surface area contributed by atoms with E-state index in [0.717, 1.165) is 53.0 Å². The molecular formula is C27H26N5O+. The van der Waals surface area contributed by atoms with Crippen LogP contribution < -0.4 is 11.3 Å². The van der Waals surface area contributed by atoms with Gasteiger partial charge in [0, 0.05) is 46.8 Å². The molecule has 4 N–H and O–H groups in total. The number of hydrogen-bond donors (Lipinski definition) is 2. The van der Waals surface area contributed by atoms with E-state index in [-0.39, 0.29) is 5.56 Å². The van der Waals surface area contributed by atoms with Crippen LogP contribution >= 0.6 is 0 Å². The van der Waals surface area contributed by atoms with Gasteiger partial charge in [0.2, 0.25) is 0 Å². The van der Waals surface area contributed by atoms with Crippen molar-refractivity contribution in [3.63, 3.8) is 0 Å². The molecule has 3 aromatic heterocycles. The third kappa shape index (κ3) is 3.97. The van der Waals surface area contributed by atoms with Gasteiger partial charge in [-0.25, -0.2) is 4.98 Å². The fourth-order valence-corrected chi connectivity index (χ4v) is 4.14. The fourth-order valence-electron chi connectivity index (χ4n) is 4.14. The van der Waals surface area contributed by atoms with Crippen molar-refractivity contribution in [3.05, 3.63) is 95.2 Å². The van der Waals surface area contributed by atoms with Gasteiger partial charge in [0.1, 0.15) is 0 Å². The van der Waals surface area contributed by atoms with Gasteiger partial charge in [-0.2, -0.15) is 5.10 Å². The molecule has 0 fully saturated rings. The topological polar surface area (TPSA) is 91.2 Å². The minimum Gasteiger partial charge on any atom is -0.354 e. The molecule has 0 aliphatic heterocycles. The van der Waals surface area contributed by atoms with Gasteiger partial charge in [0.15, 0.2) is 0 Å². The fraction of sp³-hybridized carbons (Fsp3) is 0.148. The molecule has 0 radical (unpaired) electrons. The Hall–Kier alpha value is -4.03. The van der Waals surface area contributed by atoms with E-state index in [1.807, 2.05) is 53.5 Å². The molecular weight excluding hydrogens is 410 g/mol. The molecule has 2 aromatic carbocycles. The SMILES string of the molecule is CCCn1cc(-c2c[nH]c(=O)c3cc(-c4ccccc4)c(-c4ccc(C[NH3+])cc4)nc23)cn1. The maximum Gasteiger partial charge on any atom is 0.257 e. The minimum absolute atomic E-state index is 0.154. The van der Waals surface area contributed by atoms with Gasteiger partial charge in [0.05, 0.1) is 29.3 Å². The number of rotatable bonds is 6. The van der Waals surface area contributed by atoms with Gasteiger partial charge in [-0.3, -0.25) is 9.48 Å². The predicted molar refractivity (Wildman–Crippen MR) is 131 cm³/mol. The minimum atomic E-state index is -0.154. The quantitative estimate of drug-likeness (QED) is 0.416. The summed E-state index contributed by atoms with van der Waals surface area (Å²) in [6.07, 6.45) is 6.58. The van der Waals surface area contributed by atoms with Crippen molar-refractivity contribution in [2.24, 2.45) is 0 Å². The van der Waals surface area contributed by atoms with E-state index in [0.29, 0.717) is 10.9 Å². The molecule has 0 amide bonds. The van der Waals surface area contributed by atoms with Gasteiger partial charge in [-0.15, -0.1) is 0 Å². The number of nitrogens with one attached hydrogen (secondary N) is 1. The molecule has 0 unspecified atom stereocenters. The molecule has 6 nitrogen and oxygen atoms in total. The molecule has 164 valence electrons. The maximum atomic E-state index is 12.9. The standard InChI is InChI=1S/C27H25N5O/c1-2-12-32-17-21(15-30-32)24-16-29-27(33)23-13-22(19-6-4-3-5-7-19)25(31-26(23)24)20-10-8-18(14-28)9-11-20/h3-11,13,15-17H,2,12,14,28H2,1H3,(H,29,33)/p+1. The molecule has 0 saturated heterocycles. The number of nitrogens with zero attached hydrogens (tertiary/aromatic N) is 3. The Labute approximate surface area is 191 Å². The number of aryl methyl sites for hydroxylation is 1. The molecule has 0 bridgehead atoms. The van der Waals surface area contributed by atoms with Crippen LogP contribution in [0.2, 0.25) is 0 Å². The second-order valence-corrected chi connectivity index (χ2v) is 8.12. The van der Waals surface area contributed by atoms with Crippen molar-refractivity contribution in [3.8, 4) is 33.5 Å². The van der Waals surface area contributed by atoms with Crippen LogP contribution in [0.3, 0.4) is 0 Å². The Morgan fingerprint density at radius 2 is 1.76 bits per heavy atom. The van der Waals surface area contributed by atoms with Crippen molar-refractivity contribution >= 4 is 10.9 Å². The molecule has 5 aromatic rings. The van der Waals surface area contributed by atoms with Gasteiger partial charge < -0.3 is 10.7 Å². The van der Waals surface area contributed by atoms with Crippen LogP contribution in [0.1, 0.15) is 18.9 Å². The van der Waals surface area contributed by atoms with Gasteiger partial charge in [-0.05, 0) is 18.1 Å². The average Bonchev–Trinajstić information content (AvgIpc) is 3.33. The summed E-state index contributed by atoms with van der Waals surface area (Å²) in [6, 6.07) is 20.3. The molecule has 0 spiro atoms. The van der Waals surface area contributed by atoms with Crippen LogP contribution in [-0.4, -0.2) is 19.7 Å². The van der Waals surface area contributed by atoms with Crippen molar-refractivity contribution in [2.45, 2.75) is 26.4 Å². The number of aromatic nitrogens is 4. The zero-order valence-electron chi connectivity index (χ0n) is 18.6. The summed E-state index contributed by atoms with van der Waals surface area (Å²) in [5.41, 5.74) is 11.2. The lowest BCUT2D eigenvalue weighted by Gasteiger charge is -2.13. The van der Waals surface area contributed by atoms with Crippen molar-refractivity contribution < 1.29 is 5.73 Å². The summed E-state index contributed by atoms with van der Waals surface area (Å²) >= 11 is 0. The van der Waals surface area contributed by atoms with E-state index in [4.69, 9.17) is 4.98 Å². The van der Waals surface area contributed by atoms with Crippen LogP contribution in [0.25, 0.3) is 44.4 Å². The smallest absolute Gasteiger partial charge is 0.257 e. The highest BCUT2D eigenvalue weighted by Gasteiger charge is 2.17. The van der Waals surface area contributed by atoms with E-state index in [1.165, 1.54) is 5.56 Å². The first kappa shape index (κ1) is 20.8.